The van der Waals surface area contributed by atoms with Gasteiger partial charge in [0.05, 0.1) is 29.8 Å². The van der Waals surface area contributed by atoms with Crippen LogP contribution in [0.5, 0.6) is 0 Å². The molecule has 0 aliphatic rings. The number of nitrogens with one attached hydrogen (secondary N) is 2. The van der Waals surface area contributed by atoms with E-state index in [2.05, 4.69) is 44.6 Å². The van der Waals surface area contributed by atoms with Gasteiger partial charge in [-0.25, -0.2) is 15.0 Å². The SMILES string of the molecule is C[C@H](Nc1cncc(-n2cnc3ccc(C(=O)NCCCn4ccnc4)cc32)n1)c1ccccc1. The molecule has 2 aromatic carbocycles. The second-order valence-corrected chi connectivity index (χ2v) is 8.27. The van der Waals surface area contributed by atoms with Gasteiger partial charge in [0.1, 0.15) is 12.1 Å². The van der Waals surface area contributed by atoms with Crippen molar-refractivity contribution >= 4 is 22.8 Å². The lowest BCUT2D eigenvalue weighted by Crippen LogP contribution is -2.25. The number of carbonyl (C=O) groups excluding carboxylic acids is 1. The van der Waals surface area contributed by atoms with Gasteiger partial charge in [0, 0.05) is 37.1 Å². The molecule has 0 saturated carbocycles. The first-order chi connectivity index (χ1) is 17.2. The van der Waals surface area contributed by atoms with E-state index in [-0.39, 0.29) is 11.9 Å². The number of imidazole rings is 2. The molecule has 5 rings (SSSR count). The van der Waals surface area contributed by atoms with Crippen LogP contribution in [0, 0.1) is 0 Å². The normalized spacial score (nSPS) is 11.9. The second-order valence-electron chi connectivity index (χ2n) is 8.27. The minimum absolute atomic E-state index is 0.0735. The van der Waals surface area contributed by atoms with Crippen molar-refractivity contribution < 1.29 is 4.79 Å². The van der Waals surface area contributed by atoms with E-state index in [1.54, 1.807) is 37.3 Å². The maximum absolute atomic E-state index is 12.7. The standard InChI is InChI=1S/C26H26N8O/c1-19(20-6-3-2-4-7-20)31-24-15-28-16-25(32-24)34-18-30-22-9-8-21(14-23(22)34)26(35)29-10-5-12-33-13-11-27-17-33/h2-4,6-9,11,13-19H,5,10,12H2,1H3,(H,29,35)(H,31,32)/t19-/m0/s1. The summed E-state index contributed by atoms with van der Waals surface area (Å²) in [5.74, 6) is 1.16. The van der Waals surface area contributed by atoms with Gasteiger partial charge in [-0.05, 0) is 37.1 Å². The first-order valence-corrected chi connectivity index (χ1v) is 11.5. The fourth-order valence-electron chi connectivity index (χ4n) is 3.90. The summed E-state index contributed by atoms with van der Waals surface area (Å²) in [4.78, 5) is 30.3. The monoisotopic (exact) mass is 466 g/mol. The molecule has 35 heavy (non-hydrogen) atoms. The topological polar surface area (TPSA) is 103 Å². The van der Waals surface area contributed by atoms with E-state index in [4.69, 9.17) is 4.98 Å². The van der Waals surface area contributed by atoms with Crippen LogP contribution in [-0.2, 0) is 6.54 Å². The molecule has 0 unspecified atom stereocenters. The van der Waals surface area contributed by atoms with Crippen LogP contribution in [-0.4, -0.2) is 41.5 Å². The van der Waals surface area contributed by atoms with Crippen molar-refractivity contribution in [3.8, 4) is 5.82 Å². The number of aromatic nitrogens is 6. The van der Waals surface area contributed by atoms with Crippen LogP contribution in [0.2, 0.25) is 0 Å². The van der Waals surface area contributed by atoms with Gasteiger partial charge in [0.25, 0.3) is 5.91 Å². The summed E-state index contributed by atoms with van der Waals surface area (Å²) < 4.78 is 3.83. The van der Waals surface area contributed by atoms with Gasteiger partial charge in [0.2, 0.25) is 0 Å². The molecule has 0 fully saturated rings. The summed E-state index contributed by atoms with van der Waals surface area (Å²) in [7, 11) is 0. The van der Waals surface area contributed by atoms with E-state index in [9.17, 15) is 4.79 Å². The number of amides is 1. The van der Waals surface area contributed by atoms with E-state index in [1.807, 2.05) is 45.7 Å². The summed E-state index contributed by atoms with van der Waals surface area (Å²) in [6.45, 7) is 3.46. The van der Waals surface area contributed by atoms with Crippen molar-refractivity contribution in [2.24, 2.45) is 0 Å². The van der Waals surface area contributed by atoms with E-state index in [0.29, 0.717) is 23.7 Å². The van der Waals surface area contributed by atoms with Gasteiger partial charge in [-0.1, -0.05) is 30.3 Å². The van der Waals surface area contributed by atoms with Gasteiger partial charge >= 0.3 is 0 Å². The van der Waals surface area contributed by atoms with Crippen molar-refractivity contribution in [3.05, 3.63) is 97.1 Å². The van der Waals surface area contributed by atoms with Gasteiger partial charge in [-0.2, -0.15) is 0 Å². The average molecular weight is 467 g/mol. The highest BCUT2D eigenvalue weighted by atomic mass is 16.1. The van der Waals surface area contributed by atoms with Crippen molar-refractivity contribution in [2.45, 2.75) is 25.9 Å². The van der Waals surface area contributed by atoms with Crippen LogP contribution >= 0.6 is 0 Å². The highest BCUT2D eigenvalue weighted by Crippen LogP contribution is 2.21. The van der Waals surface area contributed by atoms with Gasteiger partial charge in [-0.15, -0.1) is 0 Å². The number of benzene rings is 2. The van der Waals surface area contributed by atoms with E-state index >= 15 is 0 Å². The zero-order valence-electron chi connectivity index (χ0n) is 19.4. The third kappa shape index (κ3) is 5.19. The van der Waals surface area contributed by atoms with Crippen molar-refractivity contribution in [2.75, 3.05) is 11.9 Å². The Morgan fingerprint density at radius 3 is 2.77 bits per heavy atom. The maximum Gasteiger partial charge on any atom is 0.251 e. The lowest BCUT2D eigenvalue weighted by Gasteiger charge is -2.15. The predicted octanol–water partition coefficient (Wildman–Crippen LogP) is 4.01. The molecule has 0 saturated heterocycles. The van der Waals surface area contributed by atoms with E-state index in [0.717, 1.165) is 29.6 Å². The Balaban J connectivity index is 1.30. The maximum atomic E-state index is 12.7. The summed E-state index contributed by atoms with van der Waals surface area (Å²) >= 11 is 0. The number of nitrogens with zero attached hydrogens (tertiary/aromatic N) is 6. The molecule has 3 heterocycles. The Bertz CT molecular complexity index is 1410. The molecule has 0 aliphatic carbocycles. The Morgan fingerprint density at radius 1 is 1.06 bits per heavy atom. The fraction of sp³-hybridized carbons (Fsp3) is 0.192. The van der Waals surface area contributed by atoms with E-state index < -0.39 is 0 Å². The van der Waals surface area contributed by atoms with Crippen LogP contribution in [0.4, 0.5) is 5.82 Å². The van der Waals surface area contributed by atoms with Crippen molar-refractivity contribution in [1.29, 1.82) is 0 Å². The smallest absolute Gasteiger partial charge is 0.251 e. The molecule has 9 heteroatoms. The minimum atomic E-state index is -0.122. The summed E-state index contributed by atoms with van der Waals surface area (Å²) in [6.07, 6.45) is 11.3. The van der Waals surface area contributed by atoms with Crippen LogP contribution in [0.1, 0.15) is 35.3 Å². The van der Waals surface area contributed by atoms with Gasteiger partial charge < -0.3 is 15.2 Å². The zero-order valence-corrected chi connectivity index (χ0v) is 19.4. The van der Waals surface area contributed by atoms with Gasteiger partial charge in [-0.3, -0.25) is 14.3 Å². The Labute approximate surface area is 202 Å². The average Bonchev–Trinajstić information content (AvgIpc) is 3.57. The molecule has 1 atom stereocenters. The quantitative estimate of drug-likeness (QED) is 0.318. The molecular weight excluding hydrogens is 440 g/mol. The van der Waals surface area contributed by atoms with Crippen LogP contribution < -0.4 is 10.6 Å². The zero-order chi connectivity index (χ0) is 24.0. The Kier molecular flexibility index (Phi) is 6.47. The summed E-state index contributed by atoms with van der Waals surface area (Å²) in [5, 5.41) is 6.38. The second kappa shape index (κ2) is 10.2. The molecule has 3 aromatic heterocycles. The van der Waals surface area contributed by atoms with Crippen molar-refractivity contribution in [3.63, 3.8) is 0 Å². The number of hydrogen-bond donors (Lipinski definition) is 2. The first kappa shape index (κ1) is 22.3. The third-order valence-corrected chi connectivity index (χ3v) is 5.78. The minimum Gasteiger partial charge on any atom is -0.362 e. The molecule has 5 aromatic rings. The molecule has 0 spiro atoms. The highest BCUT2D eigenvalue weighted by Gasteiger charge is 2.12. The Morgan fingerprint density at radius 2 is 1.94 bits per heavy atom. The van der Waals surface area contributed by atoms with Gasteiger partial charge in [0.15, 0.2) is 5.82 Å². The van der Waals surface area contributed by atoms with Crippen LogP contribution in [0.3, 0.4) is 0 Å². The Hall–Kier alpha value is -4.53. The van der Waals surface area contributed by atoms with Crippen LogP contribution in [0.25, 0.3) is 16.9 Å². The largest absolute Gasteiger partial charge is 0.362 e. The van der Waals surface area contributed by atoms with Crippen molar-refractivity contribution in [1.82, 2.24) is 34.4 Å². The molecule has 2 N–H and O–H groups in total. The number of rotatable bonds is 9. The number of fused-ring (bicyclic) bond motifs is 1. The predicted molar refractivity (Wildman–Crippen MR) is 134 cm³/mol. The molecule has 0 bridgehead atoms. The highest BCUT2D eigenvalue weighted by molar-refractivity contribution is 5.97. The molecule has 1 amide bonds. The lowest BCUT2D eigenvalue weighted by atomic mass is 10.1. The number of aryl methyl sites for hydroxylation is 1. The molecular formula is C26H26N8O. The lowest BCUT2D eigenvalue weighted by molar-refractivity contribution is 0.0953. The third-order valence-electron chi connectivity index (χ3n) is 5.78. The molecule has 0 aliphatic heterocycles. The summed E-state index contributed by atoms with van der Waals surface area (Å²) in [5.41, 5.74) is 3.30. The number of carbonyl (C=O) groups is 1. The molecule has 176 valence electrons. The fourth-order valence-corrected chi connectivity index (χ4v) is 3.90. The summed E-state index contributed by atoms with van der Waals surface area (Å²) in [6, 6.07) is 15.7. The molecule has 0 radical (unpaired) electrons. The van der Waals surface area contributed by atoms with E-state index in [1.165, 1.54) is 0 Å². The number of hydrogen-bond acceptors (Lipinski definition) is 6. The number of anilines is 1. The van der Waals surface area contributed by atoms with Crippen LogP contribution in [0.15, 0.2) is 86.0 Å². The first-order valence-electron chi connectivity index (χ1n) is 11.5. The molecule has 9 nitrogen and oxygen atoms in total.